The van der Waals surface area contributed by atoms with Gasteiger partial charge in [0.25, 0.3) is 0 Å². The number of nitrogens with one attached hydrogen (secondary N) is 1. The van der Waals surface area contributed by atoms with Gasteiger partial charge in [0.2, 0.25) is 0 Å². The van der Waals surface area contributed by atoms with Crippen LogP contribution in [0.4, 0.5) is 0 Å². The minimum absolute atomic E-state index is 0.681. The van der Waals surface area contributed by atoms with Gasteiger partial charge in [-0.2, -0.15) is 0 Å². The molecule has 0 fully saturated rings. The normalized spacial score (nSPS) is 11.1. The SMILES string of the molecule is CN=C(NCc1cccc(OC)c1)N(C)Cc1ccccc1OC. The van der Waals surface area contributed by atoms with Crippen molar-refractivity contribution in [3.05, 3.63) is 59.7 Å². The molecular weight excluding hydrogens is 302 g/mol. The maximum atomic E-state index is 5.41. The van der Waals surface area contributed by atoms with Gasteiger partial charge in [0.1, 0.15) is 11.5 Å². The summed E-state index contributed by atoms with van der Waals surface area (Å²) in [6, 6.07) is 16.0. The van der Waals surface area contributed by atoms with Gasteiger partial charge in [-0.05, 0) is 23.8 Å². The van der Waals surface area contributed by atoms with Crippen molar-refractivity contribution in [2.24, 2.45) is 4.99 Å². The summed E-state index contributed by atoms with van der Waals surface area (Å²) in [5, 5.41) is 3.37. The third-order valence-electron chi connectivity index (χ3n) is 3.76. The topological polar surface area (TPSA) is 46.1 Å². The molecule has 5 nitrogen and oxygen atoms in total. The Balaban J connectivity index is 2.00. The van der Waals surface area contributed by atoms with E-state index in [1.807, 2.05) is 43.4 Å². The Morgan fingerprint density at radius 2 is 1.88 bits per heavy atom. The van der Waals surface area contributed by atoms with Gasteiger partial charge in [-0.15, -0.1) is 0 Å². The molecule has 24 heavy (non-hydrogen) atoms. The molecule has 1 N–H and O–H groups in total. The van der Waals surface area contributed by atoms with Crippen LogP contribution in [0.25, 0.3) is 0 Å². The van der Waals surface area contributed by atoms with E-state index in [0.717, 1.165) is 28.6 Å². The number of nitrogens with zero attached hydrogens (tertiary/aromatic N) is 2. The lowest BCUT2D eigenvalue weighted by Gasteiger charge is -2.23. The number of rotatable bonds is 6. The van der Waals surface area contributed by atoms with E-state index in [4.69, 9.17) is 9.47 Å². The maximum absolute atomic E-state index is 5.41. The molecule has 0 spiro atoms. The molecule has 2 aromatic rings. The van der Waals surface area contributed by atoms with Crippen molar-refractivity contribution in [3.8, 4) is 11.5 Å². The summed E-state index contributed by atoms with van der Waals surface area (Å²) in [6.07, 6.45) is 0. The quantitative estimate of drug-likeness (QED) is 0.654. The van der Waals surface area contributed by atoms with E-state index in [2.05, 4.69) is 27.3 Å². The van der Waals surface area contributed by atoms with Crippen LogP contribution in [0.5, 0.6) is 11.5 Å². The Bertz CT molecular complexity index is 686. The molecule has 0 aromatic heterocycles. The second-order valence-electron chi connectivity index (χ2n) is 5.42. The second kappa shape index (κ2) is 8.82. The average molecular weight is 327 g/mol. The van der Waals surface area contributed by atoms with Crippen molar-refractivity contribution in [1.82, 2.24) is 10.2 Å². The molecular formula is C19H25N3O2. The third-order valence-corrected chi connectivity index (χ3v) is 3.76. The standard InChI is InChI=1S/C19H25N3O2/c1-20-19(21-13-15-8-7-10-17(12-15)23-3)22(2)14-16-9-5-6-11-18(16)24-4/h5-12H,13-14H2,1-4H3,(H,20,21). The fraction of sp³-hybridized carbons (Fsp3) is 0.316. The predicted molar refractivity (Wildman–Crippen MR) is 97.7 cm³/mol. The van der Waals surface area contributed by atoms with Crippen LogP contribution in [0, 0.1) is 0 Å². The van der Waals surface area contributed by atoms with E-state index in [1.54, 1.807) is 21.3 Å². The Morgan fingerprint density at radius 1 is 1.08 bits per heavy atom. The Kier molecular flexibility index (Phi) is 6.49. The van der Waals surface area contributed by atoms with Crippen molar-refractivity contribution in [2.75, 3.05) is 28.3 Å². The van der Waals surface area contributed by atoms with Crippen LogP contribution in [0.2, 0.25) is 0 Å². The summed E-state index contributed by atoms with van der Waals surface area (Å²) in [5.74, 6) is 2.56. The Labute approximate surface area is 143 Å². The molecule has 2 aromatic carbocycles. The number of hydrogen-bond acceptors (Lipinski definition) is 3. The highest BCUT2D eigenvalue weighted by Crippen LogP contribution is 2.18. The smallest absolute Gasteiger partial charge is 0.193 e. The van der Waals surface area contributed by atoms with Crippen LogP contribution in [0.1, 0.15) is 11.1 Å². The average Bonchev–Trinajstić information content (AvgIpc) is 2.63. The van der Waals surface area contributed by atoms with Crippen molar-refractivity contribution in [2.45, 2.75) is 13.1 Å². The molecule has 0 radical (unpaired) electrons. The lowest BCUT2D eigenvalue weighted by atomic mass is 10.2. The first-order valence-electron chi connectivity index (χ1n) is 7.84. The lowest BCUT2D eigenvalue weighted by Crippen LogP contribution is -2.38. The van der Waals surface area contributed by atoms with E-state index in [-0.39, 0.29) is 0 Å². The molecule has 0 amide bonds. The van der Waals surface area contributed by atoms with Gasteiger partial charge in [-0.1, -0.05) is 30.3 Å². The second-order valence-corrected chi connectivity index (χ2v) is 5.42. The lowest BCUT2D eigenvalue weighted by molar-refractivity contribution is 0.396. The summed E-state index contributed by atoms with van der Waals surface area (Å²) in [4.78, 5) is 6.42. The van der Waals surface area contributed by atoms with Gasteiger partial charge in [0.05, 0.1) is 14.2 Å². The summed E-state index contributed by atoms with van der Waals surface area (Å²) in [5.41, 5.74) is 2.26. The van der Waals surface area contributed by atoms with Gasteiger partial charge in [0, 0.05) is 32.7 Å². The largest absolute Gasteiger partial charge is 0.497 e. The molecule has 0 heterocycles. The van der Waals surface area contributed by atoms with Crippen LogP contribution < -0.4 is 14.8 Å². The minimum atomic E-state index is 0.681. The van der Waals surface area contributed by atoms with Gasteiger partial charge in [-0.25, -0.2) is 0 Å². The molecule has 0 unspecified atom stereocenters. The number of aliphatic imine (C=N–C) groups is 1. The zero-order chi connectivity index (χ0) is 17.4. The highest BCUT2D eigenvalue weighted by molar-refractivity contribution is 5.79. The van der Waals surface area contributed by atoms with Crippen molar-refractivity contribution >= 4 is 5.96 Å². The predicted octanol–water partition coefficient (Wildman–Crippen LogP) is 2.91. The fourth-order valence-corrected chi connectivity index (χ4v) is 2.51. The van der Waals surface area contributed by atoms with Gasteiger partial charge >= 0.3 is 0 Å². The summed E-state index contributed by atoms with van der Waals surface area (Å²) >= 11 is 0. The number of methoxy groups -OCH3 is 2. The fourth-order valence-electron chi connectivity index (χ4n) is 2.51. The Hall–Kier alpha value is -2.69. The van der Waals surface area contributed by atoms with Crippen LogP contribution in [-0.2, 0) is 13.1 Å². The van der Waals surface area contributed by atoms with Gasteiger partial charge in [-0.3, -0.25) is 4.99 Å². The number of ether oxygens (including phenoxy) is 2. The number of hydrogen-bond donors (Lipinski definition) is 1. The van der Waals surface area contributed by atoms with Crippen molar-refractivity contribution in [3.63, 3.8) is 0 Å². The molecule has 0 bridgehead atoms. The molecule has 0 aliphatic heterocycles. The minimum Gasteiger partial charge on any atom is -0.497 e. The van der Waals surface area contributed by atoms with Gasteiger partial charge < -0.3 is 19.7 Å². The highest BCUT2D eigenvalue weighted by Gasteiger charge is 2.09. The molecule has 5 heteroatoms. The van der Waals surface area contributed by atoms with Crippen molar-refractivity contribution < 1.29 is 9.47 Å². The maximum Gasteiger partial charge on any atom is 0.193 e. The van der Waals surface area contributed by atoms with Crippen LogP contribution in [0.15, 0.2) is 53.5 Å². The number of para-hydroxylation sites is 1. The molecule has 2 rings (SSSR count). The summed E-state index contributed by atoms with van der Waals surface area (Å²) < 4.78 is 10.7. The van der Waals surface area contributed by atoms with E-state index in [9.17, 15) is 0 Å². The van der Waals surface area contributed by atoms with E-state index in [0.29, 0.717) is 13.1 Å². The third kappa shape index (κ3) is 4.65. The molecule has 0 atom stereocenters. The van der Waals surface area contributed by atoms with Crippen LogP contribution in [-0.4, -0.2) is 39.2 Å². The number of benzene rings is 2. The first-order valence-corrected chi connectivity index (χ1v) is 7.84. The first kappa shape index (κ1) is 17.7. The summed E-state index contributed by atoms with van der Waals surface area (Å²) in [7, 11) is 7.15. The molecule has 0 saturated heterocycles. The number of guanidine groups is 1. The molecule has 0 saturated carbocycles. The monoisotopic (exact) mass is 327 g/mol. The van der Waals surface area contributed by atoms with E-state index >= 15 is 0 Å². The zero-order valence-corrected chi connectivity index (χ0v) is 14.7. The van der Waals surface area contributed by atoms with Crippen LogP contribution in [0.3, 0.4) is 0 Å². The van der Waals surface area contributed by atoms with E-state index < -0.39 is 0 Å². The van der Waals surface area contributed by atoms with Gasteiger partial charge in [0.15, 0.2) is 5.96 Å². The summed E-state index contributed by atoms with van der Waals surface area (Å²) in [6.45, 7) is 1.39. The van der Waals surface area contributed by atoms with Crippen LogP contribution >= 0.6 is 0 Å². The van der Waals surface area contributed by atoms with Crippen molar-refractivity contribution in [1.29, 1.82) is 0 Å². The highest BCUT2D eigenvalue weighted by atomic mass is 16.5. The molecule has 128 valence electrons. The first-order chi connectivity index (χ1) is 11.7. The molecule has 0 aliphatic carbocycles. The zero-order valence-electron chi connectivity index (χ0n) is 14.7. The van der Waals surface area contributed by atoms with E-state index in [1.165, 1.54) is 0 Å². The Morgan fingerprint density at radius 3 is 2.58 bits per heavy atom. The molecule has 0 aliphatic rings.